The molecule has 0 saturated carbocycles. The van der Waals surface area contributed by atoms with Crippen LogP contribution in [0.3, 0.4) is 0 Å². The first-order valence-electron chi connectivity index (χ1n) is 9.01. The number of aliphatic imine (C=N–C) groups is 1. The van der Waals surface area contributed by atoms with Crippen LogP contribution in [0.1, 0.15) is 17.0 Å². The molecule has 0 aliphatic carbocycles. The van der Waals surface area contributed by atoms with Crippen LogP contribution in [0.15, 0.2) is 58.4 Å². The van der Waals surface area contributed by atoms with E-state index in [9.17, 15) is 13.6 Å². The highest BCUT2D eigenvalue weighted by Gasteiger charge is 2.24. The number of hydrogen-bond acceptors (Lipinski definition) is 3. The third kappa shape index (κ3) is 4.04. The second-order valence-electron chi connectivity index (χ2n) is 6.72. The normalized spacial score (nSPS) is 16.5. The van der Waals surface area contributed by atoms with Crippen LogP contribution < -0.4 is 5.32 Å². The van der Waals surface area contributed by atoms with Crippen molar-refractivity contribution in [2.24, 2.45) is 4.99 Å². The number of aryl methyl sites for hydroxylation is 1. The minimum atomic E-state index is -0.475. The van der Waals surface area contributed by atoms with E-state index in [1.165, 1.54) is 42.1 Å². The molecule has 30 heavy (non-hydrogen) atoms. The number of nitrogens with zero attached hydrogens (tertiary/aromatic N) is 2. The number of carbonyl (C=O) groups excluding carboxylic acids is 1. The van der Waals surface area contributed by atoms with Crippen LogP contribution in [0.2, 0.25) is 5.02 Å². The van der Waals surface area contributed by atoms with Crippen LogP contribution in [0.5, 0.6) is 0 Å². The van der Waals surface area contributed by atoms with Crippen LogP contribution in [-0.2, 0) is 4.79 Å². The number of amides is 1. The number of rotatable bonds is 3. The zero-order valence-corrected chi connectivity index (χ0v) is 17.6. The molecule has 0 radical (unpaired) electrons. The molecule has 1 fully saturated rings. The summed E-state index contributed by atoms with van der Waals surface area (Å²) in [5.41, 5.74) is 3.95. The zero-order valence-electron chi connectivity index (χ0n) is 16.0. The summed E-state index contributed by atoms with van der Waals surface area (Å²) in [4.78, 5) is 17.2. The fourth-order valence-corrected chi connectivity index (χ4v) is 4.22. The summed E-state index contributed by atoms with van der Waals surface area (Å²) in [6.07, 6.45) is 1.79. The Morgan fingerprint density at radius 1 is 1.10 bits per heavy atom. The van der Waals surface area contributed by atoms with Crippen molar-refractivity contribution in [1.82, 2.24) is 9.88 Å². The summed E-state index contributed by atoms with van der Waals surface area (Å²) < 4.78 is 28.5. The Bertz CT molecular complexity index is 1220. The van der Waals surface area contributed by atoms with Crippen molar-refractivity contribution in [3.63, 3.8) is 0 Å². The van der Waals surface area contributed by atoms with Crippen molar-refractivity contribution in [1.29, 1.82) is 0 Å². The summed E-state index contributed by atoms with van der Waals surface area (Å²) >= 11 is 7.15. The van der Waals surface area contributed by atoms with Crippen LogP contribution in [0, 0.1) is 25.5 Å². The Kier molecular flexibility index (Phi) is 5.49. The Labute approximate surface area is 181 Å². The first-order chi connectivity index (χ1) is 14.3. The molecule has 0 unspecified atom stereocenters. The van der Waals surface area contributed by atoms with Crippen LogP contribution in [-0.4, -0.2) is 15.6 Å². The molecule has 1 N–H and O–H groups in total. The Morgan fingerprint density at radius 3 is 2.53 bits per heavy atom. The molecular formula is C22H16ClF2N3OS. The van der Waals surface area contributed by atoms with E-state index in [0.717, 1.165) is 22.6 Å². The summed E-state index contributed by atoms with van der Waals surface area (Å²) in [6.45, 7) is 3.84. The maximum atomic E-state index is 13.5. The van der Waals surface area contributed by atoms with Gasteiger partial charge in [-0.1, -0.05) is 11.6 Å². The van der Waals surface area contributed by atoms with Gasteiger partial charge in [0.25, 0.3) is 5.91 Å². The maximum absolute atomic E-state index is 13.5. The topological polar surface area (TPSA) is 46.4 Å². The second kappa shape index (κ2) is 8.08. The fourth-order valence-electron chi connectivity index (χ4n) is 3.21. The van der Waals surface area contributed by atoms with E-state index in [1.54, 1.807) is 18.2 Å². The van der Waals surface area contributed by atoms with E-state index in [1.807, 2.05) is 24.5 Å². The molecule has 4 rings (SSSR count). The molecule has 0 atom stereocenters. The van der Waals surface area contributed by atoms with E-state index in [0.29, 0.717) is 15.8 Å². The quantitative estimate of drug-likeness (QED) is 0.511. The molecule has 1 aliphatic heterocycles. The highest BCUT2D eigenvalue weighted by Crippen LogP contribution is 2.31. The molecule has 1 aromatic heterocycles. The van der Waals surface area contributed by atoms with E-state index in [-0.39, 0.29) is 16.7 Å². The molecule has 152 valence electrons. The van der Waals surface area contributed by atoms with Gasteiger partial charge in [0.1, 0.15) is 11.6 Å². The lowest BCUT2D eigenvalue weighted by molar-refractivity contribution is -0.115. The van der Waals surface area contributed by atoms with Crippen molar-refractivity contribution in [2.45, 2.75) is 13.8 Å². The molecular weight excluding hydrogens is 428 g/mol. The van der Waals surface area contributed by atoms with E-state index < -0.39 is 5.82 Å². The van der Waals surface area contributed by atoms with Gasteiger partial charge in [0.2, 0.25) is 0 Å². The summed E-state index contributed by atoms with van der Waals surface area (Å²) in [5, 5.41) is 3.20. The van der Waals surface area contributed by atoms with E-state index >= 15 is 0 Å². The van der Waals surface area contributed by atoms with Gasteiger partial charge < -0.3 is 9.88 Å². The SMILES string of the molecule is Cc1cc(C=C2SC(=Nc3ccc(F)cc3)NC2=O)c(C)n1-c1ccc(F)c(Cl)c1. The van der Waals surface area contributed by atoms with Gasteiger partial charge in [0.05, 0.1) is 15.6 Å². The van der Waals surface area contributed by atoms with Crippen LogP contribution in [0.4, 0.5) is 14.5 Å². The minimum absolute atomic E-state index is 0.0484. The largest absolute Gasteiger partial charge is 0.318 e. The second-order valence-corrected chi connectivity index (χ2v) is 8.16. The van der Waals surface area contributed by atoms with E-state index in [2.05, 4.69) is 10.3 Å². The number of aromatic nitrogens is 1. The molecule has 1 aliphatic rings. The standard InChI is InChI=1S/C22H16ClF2N3OS/c1-12-9-14(13(2)28(12)17-7-8-19(25)18(23)11-17)10-20-21(29)27-22(30-20)26-16-5-3-15(24)4-6-16/h3-11H,1-2H3,(H,26,27,29). The highest BCUT2D eigenvalue weighted by atomic mass is 35.5. The number of carbonyl (C=O) groups is 1. The van der Waals surface area contributed by atoms with Crippen molar-refractivity contribution < 1.29 is 13.6 Å². The molecule has 8 heteroatoms. The number of hydrogen-bond donors (Lipinski definition) is 1. The number of halogens is 3. The maximum Gasteiger partial charge on any atom is 0.264 e. The van der Waals surface area contributed by atoms with Gasteiger partial charge in [-0.3, -0.25) is 4.79 Å². The van der Waals surface area contributed by atoms with Crippen molar-refractivity contribution in [3.8, 4) is 5.69 Å². The molecule has 0 spiro atoms. The molecule has 1 saturated heterocycles. The van der Waals surface area contributed by atoms with Gasteiger partial charge in [0, 0.05) is 17.1 Å². The molecule has 1 amide bonds. The van der Waals surface area contributed by atoms with Crippen molar-refractivity contribution in [3.05, 3.63) is 87.0 Å². The van der Waals surface area contributed by atoms with Gasteiger partial charge in [0.15, 0.2) is 5.17 Å². The van der Waals surface area contributed by atoms with Gasteiger partial charge in [-0.15, -0.1) is 0 Å². The fraction of sp³-hybridized carbons (Fsp3) is 0.0909. The Morgan fingerprint density at radius 2 is 1.83 bits per heavy atom. The summed E-state index contributed by atoms with van der Waals surface area (Å²) in [7, 11) is 0. The van der Waals surface area contributed by atoms with E-state index in [4.69, 9.17) is 11.6 Å². The lowest BCUT2D eigenvalue weighted by Gasteiger charge is -2.10. The first kappa shape index (κ1) is 20.4. The van der Waals surface area contributed by atoms with Crippen LogP contribution in [0.25, 0.3) is 11.8 Å². The first-order valence-corrected chi connectivity index (χ1v) is 10.2. The Hall–Kier alpha value is -2.90. The summed E-state index contributed by atoms with van der Waals surface area (Å²) in [6, 6.07) is 12.2. The van der Waals surface area contributed by atoms with Gasteiger partial charge in [-0.2, -0.15) is 0 Å². The zero-order chi connectivity index (χ0) is 21.4. The van der Waals surface area contributed by atoms with Gasteiger partial charge in [-0.25, -0.2) is 13.8 Å². The number of benzene rings is 2. The minimum Gasteiger partial charge on any atom is -0.318 e. The average molecular weight is 444 g/mol. The predicted molar refractivity (Wildman–Crippen MR) is 117 cm³/mol. The van der Waals surface area contributed by atoms with Gasteiger partial charge in [-0.05, 0) is 85.8 Å². The number of amidine groups is 1. The number of nitrogens with one attached hydrogen (secondary N) is 1. The Balaban J connectivity index is 1.64. The third-order valence-corrected chi connectivity index (χ3v) is 5.83. The lowest BCUT2D eigenvalue weighted by atomic mass is 10.2. The van der Waals surface area contributed by atoms with Crippen molar-refractivity contribution >= 4 is 46.2 Å². The predicted octanol–water partition coefficient (Wildman–Crippen LogP) is 5.92. The van der Waals surface area contributed by atoms with Crippen molar-refractivity contribution in [2.75, 3.05) is 0 Å². The van der Waals surface area contributed by atoms with Gasteiger partial charge >= 0.3 is 0 Å². The molecule has 3 aromatic rings. The third-order valence-electron chi connectivity index (χ3n) is 4.63. The summed E-state index contributed by atoms with van der Waals surface area (Å²) in [5.74, 6) is -1.08. The smallest absolute Gasteiger partial charge is 0.264 e. The average Bonchev–Trinajstić information content (AvgIpc) is 3.18. The molecule has 2 aromatic carbocycles. The van der Waals surface area contributed by atoms with Crippen LogP contribution >= 0.6 is 23.4 Å². The highest BCUT2D eigenvalue weighted by molar-refractivity contribution is 8.18. The molecule has 2 heterocycles. The lowest BCUT2D eigenvalue weighted by Crippen LogP contribution is -2.19. The monoisotopic (exact) mass is 443 g/mol. The molecule has 0 bridgehead atoms. The number of thioether (sulfide) groups is 1. The molecule has 4 nitrogen and oxygen atoms in total.